The number of pyridine rings is 1. The minimum absolute atomic E-state index is 0.0314. The van der Waals surface area contributed by atoms with E-state index in [1.807, 2.05) is 0 Å². The van der Waals surface area contributed by atoms with Crippen molar-refractivity contribution >= 4 is 21.8 Å². The minimum Gasteiger partial charge on any atom is -0.490 e. The molecule has 1 N–H and O–H groups in total. The van der Waals surface area contributed by atoms with E-state index in [2.05, 4.69) is 10.3 Å². The number of rotatable bonds is 10. The van der Waals surface area contributed by atoms with Gasteiger partial charge in [-0.2, -0.15) is 0 Å². The molecule has 1 aromatic heterocycles. The number of sulfone groups is 1. The van der Waals surface area contributed by atoms with E-state index < -0.39 is 21.7 Å². The van der Waals surface area contributed by atoms with E-state index in [4.69, 9.17) is 4.74 Å². The van der Waals surface area contributed by atoms with E-state index in [1.54, 1.807) is 31.2 Å². The number of hydrogen-bond donors (Lipinski definition) is 1. The molecule has 1 aromatic carbocycles. The lowest BCUT2D eigenvalue weighted by Crippen LogP contribution is -2.27. The topological polar surface area (TPSA) is 106 Å². The lowest BCUT2D eigenvalue weighted by molar-refractivity contribution is -0.118. The summed E-state index contributed by atoms with van der Waals surface area (Å²) >= 11 is 0. The number of ether oxygens (including phenoxy) is 1. The van der Waals surface area contributed by atoms with Crippen LogP contribution in [0.15, 0.2) is 36.5 Å². The second kappa shape index (κ2) is 9.46. The molecule has 1 saturated carbocycles. The number of aromatic nitrogens is 1. The fourth-order valence-corrected chi connectivity index (χ4v) is 5.41. The van der Waals surface area contributed by atoms with Gasteiger partial charge in [-0.05, 0) is 60.1 Å². The van der Waals surface area contributed by atoms with Gasteiger partial charge >= 0.3 is 6.03 Å². The normalized spacial score (nSPS) is 17.2. The van der Waals surface area contributed by atoms with Crippen LogP contribution in [0.5, 0.6) is 5.75 Å². The Bertz CT molecular complexity index is 1170. The first-order valence-electron chi connectivity index (χ1n) is 10.8. The van der Waals surface area contributed by atoms with Gasteiger partial charge in [0.15, 0.2) is 21.4 Å². The monoisotopic (exact) mass is 475 g/mol. The van der Waals surface area contributed by atoms with Gasteiger partial charge in [0.25, 0.3) is 0 Å². The van der Waals surface area contributed by atoms with Gasteiger partial charge in [-0.1, -0.05) is 13.0 Å². The fraction of sp³-hybridized carbons (Fsp3) is 0.435. The first kappa shape index (κ1) is 23.2. The molecular weight excluding hydrogens is 449 g/mol. The lowest BCUT2D eigenvalue weighted by Gasteiger charge is -2.15. The summed E-state index contributed by atoms with van der Waals surface area (Å²) in [6.45, 7) is 2.41. The lowest BCUT2D eigenvalue weighted by atomic mass is 10.0. The van der Waals surface area contributed by atoms with E-state index in [-0.39, 0.29) is 42.2 Å². The van der Waals surface area contributed by atoms with Crippen molar-refractivity contribution in [2.75, 3.05) is 18.9 Å². The number of carbonyl (C=O) groups is 2. The summed E-state index contributed by atoms with van der Waals surface area (Å²) in [6, 6.07) is 7.31. The summed E-state index contributed by atoms with van der Waals surface area (Å²) in [6.07, 6.45) is 3.67. The van der Waals surface area contributed by atoms with Gasteiger partial charge < -0.3 is 9.64 Å². The Hall–Kier alpha value is -3.01. The molecule has 0 radical (unpaired) electrons. The Labute approximate surface area is 192 Å². The number of imide groups is 1. The maximum atomic E-state index is 14.1. The molecule has 2 aliphatic rings. The van der Waals surface area contributed by atoms with E-state index >= 15 is 0 Å². The number of nitrogens with one attached hydrogen (secondary N) is 1. The van der Waals surface area contributed by atoms with Gasteiger partial charge in [0, 0.05) is 12.7 Å². The van der Waals surface area contributed by atoms with Gasteiger partial charge in [-0.25, -0.2) is 17.6 Å². The molecule has 0 bridgehead atoms. The maximum Gasteiger partial charge on any atom is 0.324 e. The van der Waals surface area contributed by atoms with Gasteiger partial charge in [0.1, 0.15) is 6.54 Å². The summed E-state index contributed by atoms with van der Waals surface area (Å²) in [7, 11) is -3.53. The third-order valence-electron chi connectivity index (χ3n) is 5.69. The van der Waals surface area contributed by atoms with Crippen molar-refractivity contribution < 1.29 is 27.1 Å². The highest BCUT2D eigenvalue weighted by atomic mass is 32.2. The quantitative estimate of drug-likeness (QED) is 0.530. The van der Waals surface area contributed by atoms with Crippen LogP contribution in [0.25, 0.3) is 0 Å². The van der Waals surface area contributed by atoms with Crippen LogP contribution in [-0.4, -0.2) is 49.1 Å². The summed E-state index contributed by atoms with van der Waals surface area (Å²) in [5.41, 5.74) is 1.74. The molecule has 1 saturated heterocycles. The Kier molecular flexibility index (Phi) is 6.64. The number of benzene rings is 1. The average molecular weight is 476 g/mol. The summed E-state index contributed by atoms with van der Waals surface area (Å²) in [5, 5.41) is 2.21. The Balaban J connectivity index is 1.39. The number of urea groups is 1. The van der Waals surface area contributed by atoms with E-state index in [0.29, 0.717) is 29.3 Å². The molecule has 8 nitrogen and oxygen atoms in total. The zero-order valence-electron chi connectivity index (χ0n) is 18.3. The smallest absolute Gasteiger partial charge is 0.324 e. The number of nitrogens with zero attached hydrogens (tertiary/aromatic N) is 2. The van der Waals surface area contributed by atoms with Gasteiger partial charge in [-0.3, -0.25) is 15.1 Å². The molecule has 0 spiro atoms. The molecule has 176 valence electrons. The molecule has 3 amide bonds. The molecular formula is C23H26FN3O5S. The number of hydrogen-bond acceptors (Lipinski definition) is 6. The molecule has 2 aromatic rings. The Morgan fingerprint density at radius 1 is 1.24 bits per heavy atom. The predicted octanol–water partition coefficient (Wildman–Crippen LogP) is 2.78. The van der Waals surface area contributed by atoms with Crippen LogP contribution in [0.3, 0.4) is 0 Å². The van der Waals surface area contributed by atoms with Crippen LogP contribution in [0.1, 0.15) is 42.5 Å². The van der Waals surface area contributed by atoms with Crippen LogP contribution in [0.4, 0.5) is 9.18 Å². The van der Waals surface area contributed by atoms with Gasteiger partial charge in [-0.15, -0.1) is 0 Å². The first-order chi connectivity index (χ1) is 15.7. The highest BCUT2D eigenvalue weighted by Crippen LogP contribution is 2.31. The molecule has 33 heavy (non-hydrogen) atoms. The van der Waals surface area contributed by atoms with E-state index in [1.165, 1.54) is 17.2 Å². The molecule has 10 heteroatoms. The van der Waals surface area contributed by atoms with Crippen molar-refractivity contribution in [3.05, 3.63) is 59.2 Å². The SMILES string of the molecule is C[C@@H](CS(=O)(=O)Cc1cc(CN2CC(=O)NC2=O)ccn1)c1ccc(F)c(OCC2CC2)c1. The van der Waals surface area contributed by atoms with Crippen molar-refractivity contribution in [1.82, 2.24) is 15.2 Å². The molecule has 0 unspecified atom stereocenters. The second-order valence-corrected chi connectivity index (χ2v) is 10.9. The summed E-state index contributed by atoms with van der Waals surface area (Å²) in [4.78, 5) is 28.6. The first-order valence-corrected chi connectivity index (χ1v) is 12.7. The minimum atomic E-state index is -3.53. The number of amides is 3. The third kappa shape index (κ3) is 6.28. The molecule has 1 aliphatic heterocycles. The molecule has 1 atom stereocenters. The number of halogens is 1. The van der Waals surface area contributed by atoms with E-state index in [0.717, 1.165) is 12.8 Å². The van der Waals surface area contributed by atoms with Crippen LogP contribution in [0, 0.1) is 11.7 Å². The van der Waals surface area contributed by atoms with Crippen LogP contribution < -0.4 is 10.1 Å². The molecule has 2 heterocycles. The fourth-order valence-electron chi connectivity index (χ4n) is 3.73. The summed E-state index contributed by atoms with van der Waals surface area (Å²) < 4.78 is 45.3. The highest BCUT2D eigenvalue weighted by molar-refractivity contribution is 7.90. The zero-order chi connectivity index (χ0) is 23.6. The van der Waals surface area contributed by atoms with Gasteiger partial charge in [0.05, 0.1) is 23.8 Å². The standard InChI is InChI=1S/C23H26FN3O5S/c1-15(18-4-5-20(24)21(9-18)32-12-16-2-3-16)13-33(30,31)14-19-8-17(6-7-25-19)10-27-11-22(28)26-23(27)29/h4-9,15-16H,2-3,10-14H2,1H3,(H,26,28,29)/t15-/m0/s1. The average Bonchev–Trinajstić information content (AvgIpc) is 3.51. The van der Waals surface area contributed by atoms with Crippen LogP contribution in [0.2, 0.25) is 0 Å². The molecule has 4 rings (SSSR count). The number of carbonyl (C=O) groups excluding carboxylic acids is 2. The second-order valence-electron chi connectivity index (χ2n) is 8.76. The third-order valence-corrected chi connectivity index (χ3v) is 7.43. The molecule has 1 aliphatic carbocycles. The largest absolute Gasteiger partial charge is 0.490 e. The van der Waals surface area contributed by atoms with E-state index in [9.17, 15) is 22.4 Å². The zero-order valence-corrected chi connectivity index (χ0v) is 19.1. The summed E-state index contributed by atoms with van der Waals surface area (Å²) in [5.74, 6) is -0.937. The predicted molar refractivity (Wildman–Crippen MR) is 119 cm³/mol. The van der Waals surface area contributed by atoms with Crippen molar-refractivity contribution in [1.29, 1.82) is 0 Å². The van der Waals surface area contributed by atoms with Crippen molar-refractivity contribution in [3.63, 3.8) is 0 Å². The maximum absolute atomic E-state index is 14.1. The van der Waals surface area contributed by atoms with Gasteiger partial charge in [0.2, 0.25) is 5.91 Å². The Morgan fingerprint density at radius 2 is 2.03 bits per heavy atom. The Morgan fingerprint density at radius 3 is 2.73 bits per heavy atom. The van der Waals surface area contributed by atoms with Crippen LogP contribution >= 0.6 is 0 Å². The highest BCUT2D eigenvalue weighted by Gasteiger charge is 2.27. The van der Waals surface area contributed by atoms with Crippen LogP contribution in [-0.2, 0) is 26.9 Å². The van der Waals surface area contributed by atoms with Crippen molar-refractivity contribution in [3.8, 4) is 5.75 Å². The van der Waals surface area contributed by atoms with Crippen molar-refractivity contribution in [2.45, 2.75) is 38.0 Å². The van der Waals surface area contributed by atoms with Crippen molar-refractivity contribution in [2.24, 2.45) is 5.92 Å². The molecule has 2 fully saturated rings.